The molecule has 1 aromatic carbocycles. The third kappa shape index (κ3) is 2.81. The van der Waals surface area contributed by atoms with Crippen molar-refractivity contribution in [2.24, 2.45) is 5.92 Å². The summed E-state index contributed by atoms with van der Waals surface area (Å²) in [5.41, 5.74) is 0.995. The van der Waals surface area contributed by atoms with Crippen molar-refractivity contribution in [3.05, 3.63) is 34.8 Å². The number of aliphatic hydroxyl groups excluding tert-OH is 1. The smallest absolute Gasteiger partial charge is 0.126 e. The number of nitrogens with zero attached hydrogens (tertiary/aromatic N) is 1. The van der Waals surface area contributed by atoms with Gasteiger partial charge in [-0.1, -0.05) is 18.6 Å². The summed E-state index contributed by atoms with van der Waals surface area (Å²) >= 11 is 3.56. The highest BCUT2D eigenvalue weighted by Gasteiger charge is 2.26. The highest BCUT2D eigenvalue weighted by molar-refractivity contribution is 9.10. The molecule has 2 N–H and O–H groups in total. The zero-order valence-electron chi connectivity index (χ0n) is 11.3. The molecule has 1 aromatic heterocycles. The van der Waals surface area contributed by atoms with Crippen LogP contribution in [0.5, 0.6) is 0 Å². The fraction of sp³-hybridized carbons (Fsp3) is 0.438. The lowest BCUT2D eigenvalue weighted by molar-refractivity contribution is 0.254. The number of aromatic nitrogens is 1. The molecule has 1 heterocycles. The van der Waals surface area contributed by atoms with Gasteiger partial charge in [0, 0.05) is 22.5 Å². The molecule has 2 aromatic rings. The highest BCUT2D eigenvalue weighted by atomic mass is 79.9. The summed E-state index contributed by atoms with van der Waals surface area (Å²) in [6.45, 7) is 0.277. The van der Waals surface area contributed by atoms with Crippen LogP contribution in [0.1, 0.15) is 25.7 Å². The van der Waals surface area contributed by atoms with Gasteiger partial charge in [0.25, 0.3) is 0 Å². The van der Waals surface area contributed by atoms with Crippen LogP contribution >= 0.6 is 15.9 Å². The molecule has 1 fully saturated rings. The molecule has 0 bridgehead atoms. The van der Waals surface area contributed by atoms with Crippen molar-refractivity contribution in [3.8, 4) is 0 Å². The van der Waals surface area contributed by atoms with E-state index in [-0.39, 0.29) is 6.61 Å². The fourth-order valence-corrected chi connectivity index (χ4v) is 3.59. The second kappa shape index (κ2) is 6.10. The molecule has 0 radical (unpaired) electrons. The minimum Gasteiger partial charge on any atom is -0.396 e. The second-order valence-corrected chi connectivity index (χ2v) is 6.32. The molecule has 0 saturated heterocycles. The van der Waals surface area contributed by atoms with Gasteiger partial charge in [-0.15, -0.1) is 0 Å². The quantitative estimate of drug-likeness (QED) is 0.889. The summed E-state index contributed by atoms with van der Waals surface area (Å²) in [4.78, 5) is 4.71. The molecule has 1 saturated carbocycles. The summed E-state index contributed by atoms with van der Waals surface area (Å²) in [5, 5.41) is 13.8. The number of hydrogen-bond donors (Lipinski definition) is 2. The van der Waals surface area contributed by atoms with E-state index in [4.69, 9.17) is 10.1 Å². The number of para-hydroxylation sites is 1. The van der Waals surface area contributed by atoms with Crippen LogP contribution in [-0.4, -0.2) is 22.7 Å². The van der Waals surface area contributed by atoms with Crippen LogP contribution < -0.4 is 5.32 Å². The standard InChI is InChI=1S/C16H19BrN2O/c17-13-5-1-4-12-7-8-15(19-16(12)13)18-14-6-2-3-11(14)9-10-20/h1,4-5,7-8,11,14,20H,2-3,6,9-10H2,(H,18,19). The first-order chi connectivity index (χ1) is 9.78. The monoisotopic (exact) mass is 334 g/mol. The number of aliphatic hydroxyl groups is 1. The Bertz CT molecular complexity index is 602. The van der Waals surface area contributed by atoms with Crippen LogP contribution in [0.25, 0.3) is 10.9 Å². The van der Waals surface area contributed by atoms with Gasteiger partial charge in [-0.05, 0) is 59.3 Å². The van der Waals surface area contributed by atoms with Crippen LogP contribution in [0.2, 0.25) is 0 Å². The number of pyridine rings is 1. The molecule has 2 atom stereocenters. The van der Waals surface area contributed by atoms with Crippen molar-refractivity contribution < 1.29 is 5.11 Å². The van der Waals surface area contributed by atoms with Crippen LogP contribution in [0, 0.1) is 5.92 Å². The van der Waals surface area contributed by atoms with Gasteiger partial charge >= 0.3 is 0 Å². The molecule has 3 rings (SSSR count). The first-order valence-corrected chi connectivity index (χ1v) is 8.00. The Morgan fingerprint density at radius 2 is 2.15 bits per heavy atom. The topological polar surface area (TPSA) is 45.1 Å². The van der Waals surface area contributed by atoms with E-state index in [1.54, 1.807) is 0 Å². The molecule has 1 aliphatic carbocycles. The Kier molecular flexibility index (Phi) is 4.22. The average molecular weight is 335 g/mol. The molecule has 106 valence electrons. The van der Waals surface area contributed by atoms with Crippen molar-refractivity contribution >= 4 is 32.7 Å². The largest absolute Gasteiger partial charge is 0.396 e. The van der Waals surface area contributed by atoms with Gasteiger partial charge in [-0.3, -0.25) is 0 Å². The minimum atomic E-state index is 0.277. The molecule has 20 heavy (non-hydrogen) atoms. The Balaban J connectivity index is 1.82. The van der Waals surface area contributed by atoms with Gasteiger partial charge in [0.1, 0.15) is 5.82 Å². The van der Waals surface area contributed by atoms with Gasteiger partial charge < -0.3 is 10.4 Å². The molecule has 1 aliphatic rings. The van der Waals surface area contributed by atoms with Crippen LogP contribution in [0.3, 0.4) is 0 Å². The van der Waals surface area contributed by atoms with Crippen LogP contribution in [0.4, 0.5) is 5.82 Å². The van der Waals surface area contributed by atoms with Gasteiger partial charge in [-0.25, -0.2) is 4.98 Å². The highest BCUT2D eigenvalue weighted by Crippen LogP contribution is 2.31. The van der Waals surface area contributed by atoms with E-state index in [1.165, 1.54) is 19.3 Å². The molecule has 3 nitrogen and oxygen atoms in total. The van der Waals surface area contributed by atoms with Gasteiger partial charge in [0.05, 0.1) is 5.52 Å². The van der Waals surface area contributed by atoms with E-state index in [0.717, 1.165) is 27.6 Å². The lowest BCUT2D eigenvalue weighted by atomic mass is 10.00. The predicted octanol–water partition coefficient (Wildman–Crippen LogP) is 3.96. The van der Waals surface area contributed by atoms with Gasteiger partial charge in [0.15, 0.2) is 0 Å². The molecule has 0 amide bonds. The Hall–Kier alpha value is -1.13. The van der Waals surface area contributed by atoms with E-state index < -0.39 is 0 Å². The molecular formula is C16H19BrN2O. The molecule has 0 spiro atoms. The first kappa shape index (κ1) is 13.8. The van der Waals surface area contributed by atoms with Crippen LogP contribution in [-0.2, 0) is 0 Å². The second-order valence-electron chi connectivity index (χ2n) is 5.46. The lowest BCUT2D eigenvalue weighted by Crippen LogP contribution is -2.25. The lowest BCUT2D eigenvalue weighted by Gasteiger charge is -2.21. The van der Waals surface area contributed by atoms with Crippen molar-refractivity contribution in [3.63, 3.8) is 0 Å². The van der Waals surface area contributed by atoms with Gasteiger partial charge in [-0.2, -0.15) is 0 Å². The zero-order chi connectivity index (χ0) is 13.9. The fourth-order valence-electron chi connectivity index (χ4n) is 3.12. The van der Waals surface area contributed by atoms with E-state index in [9.17, 15) is 0 Å². The van der Waals surface area contributed by atoms with E-state index in [2.05, 4.69) is 33.4 Å². The van der Waals surface area contributed by atoms with Crippen molar-refractivity contribution in [1.29, 1.82) is 0 Å². The SMILES string of the molecule is OCCC1CCCC1Nc1ccc2cccc(Br)c2n1. The maximum atomic E-state index is 9.14. The van der Waals surface area contributed by atoms with Gasteiger partial charge in [0.2, 0.25) is 0 Å². The number of benzene rings is 1. The van der Waals surface area contributed by atoms with Crippen molar-refractivity contribution in [2.75, 3.05) is 11.9 Å². The van der Waals surface area contributed by atoms with Crippen LogP contribution in [0.15, 0.2) is 34.8 Å². The third-order valence-corrected chi connectivity index (χ3v) is 4.80. The maximum Gasteiger partial charge on any atom is 0.126 e. The minimum absolute atomic E-state index is 0.277. The third-order valence-electron chi connectivity index (χ3n) is 4.16. The summed E-state index contributed by atoms with van der Waals surface area (Å²) in [7, 11) is 0. The average Bonchev–Trinajstić information content (AvgIpc) is 2.88. The summed E-state index contributed by atoms with van der Waals surface area (Å²) in [6.07, 6.45) is 4.49. The summed E-state index contributed by atoms with van der Waals surface area (Å²) in [6, 6.07) is 10.7. The number of nitrogens with one attached hydrogen (secondary N) is 1. The number of rotatable bonds is 4. The number of hydrogen-bond acceptors (Lipinski definition) is 3. The van der Waals surface area contributed by atoms with Crippen molar-refractivity contribution in [2.45, 2.75) is 31.7 Å². The Morgan fingerprint density at radius 3 is 3.00 bits per heavy atom. The Morgan fingerprint density at radius 1 is 1.25 bits per heavy atom. The predicted molar refractivity (Wildman–Crippen MR) is 85.9 cm³/mol. The molecular weight excluding hydrogens is 316 g/mol. The van der Waals surface area contributed by atoms with E-state index in [1.807, 2.05) is 18.2 Å². The molecule has 2 unspecified atom stereocenters. The normalized spacial score (nSPS) is 22.3. The number of fused-ring (bicyclic) bond motifs is 1. The molecule has 4 heteroatoms. The summed E-state index contributed by atoms with van der Waals surface area (Å²) < 4.78 is 1.02. The zero-order valence-corrected chi connectivity index (χ0v) is 12.9. The summed E-state index contributed by atoms with van der Waals surface area (Å²) in [5.74, 6) is 1.50. The maximum absolute atomic E-state index is 9.14. The number of anilines is 1. The Labute approximate surface area is 127 Å². The van der Waals surface area contributed by atoms with E-state index in [0.29, 0.717) is 12.0 Å². The van der Waals surface area contributed by atoms with E-state index >= 15 is 0 Å². The number of halogens is 1. The first-order valence-electron chi connectivity index (χ1n) is 7.20. The van der Waals surface area contributed by atoms with Crippen molar-refractivity contribution in [1.82, 2.24) is 4.98 Å². The molecule has 0 aliphatic heterocycles.